The van der Waals surface area contributed by atoms with Crippen LogP contribution in [-0.4, -0.2) is 11.1 Å². The van der Waals surface area contributed by atoms with Crippen molar-refractivity contribution >= 4 is 15.9 Å². The Morgan fingerprint density at radius 2 is 2.33 bits per heavy atom. The molecule has 0 aromatic heterocycles. The minimum Gasteiger partial charge on any atom is -0.506 e. The van der Waals surface area contributed by atoms with Crippen molar-refractivity contribution in [2.24, 2.45) is 0 Å². The Kier molecular flexibility index (Phi) is 4.67. The first-order valence-corrected chi connectivity index (χ1v) is 5.64. The van der Waals surface area contributed by atoms with Gasteiger partial charge in [-0.2, -0.15) is 0 Å². The Hall–Kier alpha value is -0.980. The van der Waals surface area contributed by atoms with Crippen LogP contribution < -0.4 is 5.32 Å². The molecule has 0 heterocycles. The summed E-state index contributed by atoms with van der Waals surface area (Å²) in [5, 5.41) is 12.9. The zero-order chi connectivity index (χ0) is 11.3. The number of phenolic OH excluding ortho intramolecular Hbond substituents is 1. The van der Waals surface area contributed by atoms with Crippen molar-refractivity contribution < 1.29 is 5.11 Å². The molecular formula is C12H14BrNO. The Labute approximate surface area is 98.8 Å². The lowest BCUT2D eigenvalue weighted by Crippen LogP contribution is -2.26. The molecule has 0 saturated heterocycles. The van der Waals surface area contributed by atoms with Crippen LogP contribution >= 0.6 is 15.9 Å². The standard InChI is InChI=1S/C12H14BrNO/c1-3-10(4-2)14-8-9-6-5-7-11(13)12(9)15/h1,5-7,10,14-15H,4,8H2,2H3. The molecule has 1 atom stereocenters. The molecule has 2 nitrogen and oxygen atoms in total. The fourth-order valence-electron chi connectivity index (χ4n) is 1.26. The third-order valence-electron chi connectivity index (χ3n) is 2.22. The Bertz CT molecular complexity index is 370. The van der Waals surface area contributed by atoms with Crippen LogP contribution in [0.5, 0.6) is 5.75 Å². The largest absolute Gasteiger partial charge is 0.506 e. The minimum atomic E-state index is 0.0587. The number of aromatic hydroxyl groups is 1. The molecule has 0 spiro atoms. The molecule has 1 unspecified atom stereocenters. The summed E-state index contributed by atoms with van der Waals surface area (Å²) < 4.78 is 0.704. The third kappa shape index (κ3) is 3.26. The van der Waals surface area contributed by atoms with E-state index in [1.54, 1.807) is 6.07 Å². The van der Waals surface area contributed by atoms with Crippen LogP contribution in [0.15, 0.2) is 22.7 Å². The van der Waals surface area contributed by atoms with Gasteiger partial charge in [-0.05, 0) is 28.4 Å². The molecular weight excluding hydrogens is 254 g/mol. The highest BCUT2D eigenvalue weighted by molar-refractivity contribution is 9.10. The van der Waals surface area contributed by atoms with Crippen LogP contribution in [0.4, 0.5) is 0 Å². The van der Waals surface area contributed by atoms with E-state index in [1.807, 2.05) is 19.1 Å². The van der Waals surface area contributed by atoms with Crippen molar-refractivity contribution in [3.8, 4) is 18.1 Å². The molecule has 0 aliphatic rings. The van der Waals surface area contributed by atoms with Crippen LogP contribution in [0.3, 0.4) is 0 Å². The van der Waals surface area contributed by atoms with E-state index in [-0.39, 0.29) is 11.8 Å². The van der Waals surface area contributed by atoms with E-state index in [9.17, 15) is 5.11 Å². The van der Waals surface area contributed by atoms with Crippen LogP contribution in [0.25, 0.3) is 0 Å². The van der Waals surface area contributed by atoms with E-state index in [1.165, 1.54) is 0 Å². The molecule has 3 heteroatoms. The first kappa shape index (κ1) is 12.1. The lowest BCUT2D eigenvalue weighted by molar-refractivity contribution is 0.458. The first-order chi connectivity index (χ1) is 7.19. The second kappa shape index (κ2) is 5.79. The average molecular weight is 268 g/mol. The first-order valence-electron chi connectivity index (χ1n) is 4.85. The summed E-state index contributed by atoms with van der Waals surface area (Å²) in [5.74, 6) is 2.93. The molecule has 2 N–H and O–H groups in total. The van der Waals surface area contributed by atoms with E-state index in [4.69, 9.17) is 6.42 Å². The highest BCUT2D eigenvalue weighted by Crippen LogP contribution is 2.27. The van der Waals surface area contributed by atoms with Gasteiger partial charge in [-0.3, -0.25) is 5.32 Å². The third-order valence-corrected chi connectivity index (χ3v) is 2.86. The van der Waals surface area contributed by atoms with Gasteiger partial charge >= 0.3 is 0 Å². The van der Waals surface area contributed by atoms with Crippen molar-refractivity contribution in [2.75, 3.05) is 0 Å². The number of halogens is 1. The van der Waals surface area contributed by atoms with E-state index in [2.05, 4.69) is 27.2 Å². The zero-order valence-corrected chi connectivity index (χ0v) is 10.2. The van der Waals surface area contributed by atoms with Gasteiger partial charge in [0.2, 0.25) is 0 Å². The molecule has 0 radical (unpaired) electrons. The number of para-hydroxylation sites is 1. The molecule has 0 amide bonds. The summed E-state index contributed by atoms with van der Waals surface area (Å²) in [6.45, 7) is 2.60. The van der Waals surface area contributed by atoms with Crippen LogP contribution in [0.1, 0.15) is 18.9 Å². The maximum absolute atomic E-state index is 9.72. The molecule has 0 bridgehead atoms. The molecule has 15 heavy (non-hydrogen) atoms. The lowest BCUT2D eigenvalue weighted by Gasteiger charge is -2.11. The monoisotopic (exact) mass is 267 g/mol. The number of hydrogen-bond acceptors (Lipinski definition) is 2. The fraction of sp³-hybridized carbons (Fsp3) is 0.333. The van der Waals surface area contributed by atoms with Crippen molar-refractivity contribution in [2.45, 2.75) is 25.9 Å². The van der Waals surface area contributed by atoms with E-state index in [0.29, 0.717) is 11.0 Å². The average Bonchev–Trinajstić information content (AvgIpc) is 2.25. The number of rotatable bonds is 4. The molecule has 1 aromatic carbocycles. The van der Waals surface area contributed by atoms with Crippen LogP contribution in [-0.2, 0) is 6.54 Å². The highest BCUT2D eigenvalue weighted by Gasteiger charge is 2.06. The lowest BCUT2D eigenvalue weighted by atomic mass is 10.1. The molecule has 80 valence electrons. The molecule has 1 rings (SSSR count). The maximum Gasteiger partial charge on any atom is 0.134 e. The number of hydrogen-bond donors (Lipinski definition) is 2. The van der Waals surface area contributed by atoms with Gasteiger partial charge in [-0.1, -0.05) is 25.0 Å². The predicted octanol–water partition coefficient (Wildman–Crippen LogP) is 2.66. The van der Waals surface area contributed by atoms with Gasteiger partial charge in [0.1, 0.15) is 5.75 Å². The quantitative estimate of drug-likeness (QED) is 0.823. The Balaban J connectivity index is 2.66. The SMILES string of the molecule is C#CC(CC)NCc1cccc(Br)c1O. The fourth-order valence-corrected chi connectivity index (χ4v) is 1.66. The predicted molar refractivity (Wildman–Crippen MR) is 65.6 cm³/mol. The Morgan fingerprint density at radius 1 is 1.60 bits per heavy atom. The van der Waals surface area contributed by atoms with Gasteiger partial charge < -0.3 is 5.11 Å². The smallest absolute Gasteiger partial charge is 0.134 e. The second-order valence-electron chi connectivity index (χ2n) is 3.26. The summed E-state index contributed by atoms with van der Waals surface area (Å²) in [7, 11) is 0. The van der Waals surface area contributed by atoms with Crippen LogP contribution in [0.2, 0.25) is 0 Å². The van der Waals surface area contributed by atoms with Gasteiger partial charge in [-0.15, -0.1) is 6.42 Å². The van der Waals surface area contributed by atoms with Crippen molar-refractivity contribution in [3.05, 3.63) is 28.2 Å². The minimum absolute atomic E-state index is 0.0587. The summed E-state index contributed by atoms with van der Waals surface area (Å²) >= 11 is 3.27. The zero-order valence-electron chi connectivity index (χ0n) is 8.63. The number of benzene rings is 1. The number of terminal acetylenes is 1. The molecule has 0 saturated carbocycles. The van der Waals surface area contributed by atoms with E-state index >= 15 is 0 Å². The summed E-state index contributed by atoms with van der Waals surface area (Å²) in [6, 6.07) is 5.62. The summed E-state index contributed by atoms with van der Waals surface area (Å²) in [4.78, 5) is 0. The summed E-state index contributed by atoms with van der Waals surface area (Å²) in [6.07, 6.45) is 6.21. The summed E-state index contributed by atoms with van der Waals surface area (Å²) in [5.41, 5.74) is 0.845. The van der Waals surface area contributed by atoms with Gasteiger partial charge in [0.05, 0.1) is 10.5 Å². The Morgan fingerprint density at radius 3 is 2.93 bits per heavy atom. The molecule has 0 aliphatic heterocycles. The second-order valence-corrected chi connectivity index (χ2v) is 4.11. The molecule has 0 aliphatic carbocycles. The van der Waals surface area contributed by atoms with Crippen molar-refractivity contribution in [1.82, 2.24) is 5.32 Å². The number of nitrogens with one attached hydrogen (secondary N) is 1. The highest BCUT2D eigenvalue weighted by atomic mass is 79.9. The van der Waals surface area contributed by atoms with Gasteiger partial charge in [0, 0.05) is 12.1 Å². The molecule has 1 aromatic rings. The van der Waals surface area contributed by atoms with Gasteiger partial charge in [-0.25, -0.2) is 0 Å². The van der Waals surface area contributed by atoms with Crippen LogP contribution in [0, 0.1) is 12.3 Å². The van der Waals surface area contributed by atoms with Gasteiger partial charge in [0.25, 0.3) is 0 Å². The van der Waals surface area contributed by atoms with Crippen molar-refractivity contribution in [1.29, 1.82) is 0 Å². The topological polar surface area (TPSA) is 32.3 Å². The normalized spacial score (nSPS) is 12.1. The maximum atomic E-state index is 9.72. The number of phenols is 1. The molecule has 0 fully saturated rings. The van der Waals surface area contributed by atoms with E-state index in [0.717, 1.165) is 12.0 Å². The van der Waals surface area contributed by atoms with E-state index < -0.39 is 0 Å². The van der Waals surface area contributed by atoms with Crippen molar-refractivity contribution in [3.63, 3.8) is 0 Å². The van der Waals surface area contributed by atoms with Gasteiger partial charge in [0.15, 0.2) is 0 Å².